The van der Waals surface area contributed by atoms with Crippen LogP contribution in [0.4, 0.5) is 0 Å². The fraction of sp³-hybridized carbons (Fsp3) is 0.583. The predicted octanol–water partition coefficient (Wildman–Crippen LogP) is 1.99. The topological polar surface area (TPSA) is 51.9 Å². The van der Waals surface area contributed by atoms with Crippen LogP contribution in [0.15, 0.2) is 47.7 Å². The van der Waals surface area contributed by atoms with Crippen molar-refractivity contribution in [3.05, 3.63) is 53.9 Å². The van der Waals surface area contributed by atoms with E-state index in [1.54, 1.807) is 0 Å². The maximum atomic E-state index is 4.53. The lowest BCUT2D eigenvalue weighted by Gasteiger charge is -2.34. The fourth-order valence-corrected chi connectivity index (χ4v) is 4.72. The van der Waals surface area contributed by atoms with E-state index >= 15 is 0 Å². The van der Waals surface area contributed by atoms with E-state index in [4.69, 9.17) is 0 Å². The van der Waals surface area contributed by atoms with Gasteiger partial charge < -0.3 is 15.1 Å². The number of nitrogens with zero attached hydrogens (tertiary/aromatic N) is 6. The van der Waals surface area contributed by atoms with Crippen molar-refractivity contribution >= 4 is 5.96 Å². The molecule has 1 aromatic heterocycles. The van der Waals surface area contributed by atoms with Crippen LogP contribution in [0, 0.1) is 0 Å². The van der Waals surface area contributed by atoms with Crippen molar-refractivity contribution in [3.63, 3.8) is 0 Å². The van der Waals surface area contributed by atoms with E-state index < -0.39 is 0 Å². The highest BCUT2D eigenvalue weighted by Crippen LogP contribution is 2.26. The average Bonchev–Trinajstić information content (AvgIpc) is 3.45. The van der Waals surface area contributed by atoms with Crippen LogP contribution in [0.1, 0.15) is 29.9 Å². The minimum Gasteiger partial charge on any atom is -0.356 e. The van der Waals surface area contributed by atoms with Gasteiger partial charge in [-0.3, -0.25) is 14.6 Å². The SMILES string of the molecule is CN=C(NCCCN1CCN(Cc2ccccc2)CC1)N1CCC(c2cnn(C)c2)C1. The molecule has 0 radical (unpaired) electrons. The molecule has 3 heterocycles. The second-order valence-electron chi connectivity index (χ2n) is 8.81. The Labute approximate surface area is 186 Å². The average molecular weight is 424 g/mol. The molecule has 0 saturated carbocycles. The molecule has 4 rings (SSSR count). The summed E-state index contributed by atoms with van der Waals surface area (Å²) in [5, 5.41) is 7.91. The van der Waals surface area contributed by atoms with Crippen LogP contribution in [0.25, 0.3) is 0 Å². The molecule has 0 spiro atoms. The molecule has 1 N–H and O–H groups in total. The first kappa shape index (κ1) is 21.8. The molecular formula is C24H37N7. The van der Waals surface area contributed by atoms with Crippen molar-refractivity contribution in [1.82, 2.24) is 29.8 Å². The van der Waals surface area contributed by atoms with E-state index in [2.05, 4.69) is 66.6 Å². The molecule has 0 bridgehead atoms. The van der Waals surface area contributed by atoms with Crippen LogP contribution in [0.5, 0.6) is 0 Å². The van der Waals surface area contributed by atoms with E-state index in [1.807, 2.05) is 25.0 Å². The fourth-order valence-electron chi connectivity index (χ4n) is 4.72. The van der Waals surface area contributed by atoms with Crippen LogP contribution >= 0.6 is 0 Å². The molecule has 2 saturated heterocycles. The minimum absolute atomic E-state index is 0.555. The molecule has 7 heteroatoms. The third-order valence-electron chi connectivity index (χ3n) is 6.54. The van der Waals surface area contributed by atoms with Crippen molar-refractivity contribution < 1.29 is 0 Å². The summed E-state index contributed by atoms with van der Waals surface area (Å²) in [6.45, 7) is 9.94. The standard InChI is InChI=1S/C24H37N7/c1-25-24(31-12-9-22(20-31)23-17-27-28(2)19-23)26-10-6-11-29-13-15-30(16-14-29)18-21-7-4-3-5-8-21/h3-5,7-8,17,19,22H,6,9-16,18,20H2,1-2H3,(H,25,26). The van der Waals surface area contributed by atoms with Crippen molar-refractivity contribution in [2.75, 3.05) is 59.4 Å². The summed E-state index contributed by atoms with van der Waals surface area (Å²) in [5.74, 6) is 1.60. The summed E-state index contributed by atoms with van der Waals surface area (Å²) < 4.78 is 1.90. The molecule has 1 aromatic carbocycles. The number of aromatic nitrogens is 2. The Morgan fingerprint density at radius 1 is 1.10 bits per heavy atom. The van der Waals surface area contributed by atoms with Gasteiger partial charge in [-0.15, -0.1) is 0 Å². The summed E-state index contributed by atoms with van der Waals surface area (Å²) in [6.07, 6.45) is 6.46. The Balaban J connectivity index is 1.12. The maximum absolute atomic E-state index is 4.53. The first-order valence-corrected chi connectivity index (χ1v) is 11.6. The third-order valence-corrected chi connectivity index (χ3v) is 6.54. The Morgan fingerprint density at radius 3 is 2.58 bits per heavy atom. The van der Waals surface area contributed by atoms with Gasteiger partial charge in [-0.25, -0.2) is 0 Å². The number of likely N-dealkylation sites (tertiary alicyclic amines) is 1. The van der Waals surface area contributed by atoms with Crippen molar-refractivity contribution in [1.29, 1.82) is 0 Å². The van der Waals surface area contributed by atoms with Gasteiger partial charge in [0.05, 0.1) is 6.20 Å². The number of benzene rings is 1. The molecule has 2 aliphatic heterocycles. The van der Waals surface area contributed by atoms with Crippen LogP contribution in [-0.2, 0) is 13.6 Å². The maximum Gasteiger partial charge on any atom is 0.193 e. The third kappa shape index (κ3) is 6.08. The van der Waals surface area contributed by atoms with Gasteiger partial charge in [0, 0.05) is 78.6 Å². The first-order valence-electron chi connectivity index (χ1n) is 11.6. The lowest BCUT2D eigenvalue weighted by Crippen LogP contribution is -2.46. The summed E-state index contributed by atoms with van der Waals surface area (Å²) in [5.41, 5.74) is 2.76. The predicted molar refractivity (Wildman–Crippen MR) is 126 cm³/mol. The second kappa shape index (κ2) is 10.8. The lowest BCUT2D eigenvalue weighted by atomic mass is 10.0. The Morgan fingerprint density at radius 2 is 1.87 bits per heavy atom. The number of aliphatic imine (C=N–C) groups is 1. The molecule has 1 atom stereocenters. The summed E-state index contributed by atoms with van der Waals surface area (Å²) in [4.78, 5) is 12.1. The van der Waals surface area contributed by atoms with E-state index in [-0.39, 0.29) is 0 Å². The summed E-state index contributed by atoms with van der Waals surface area (Å²) in [7, 11) is 3.88. The second-order valence-corrected chi connectivity index (χ2v) is 8.81. The van der Waals surface area contributed by atoms with Crippen molar-refractivity contribution in [3.8, 4) is 0 Å². The number of piperazine rings is 1. The number of hydrogen-bond donors (Lipinski definition) is 1. The first-order chi connectivity index (χ1) is 15.2. The molecule has 31 heavy (non-hydrogen) atoms. The van der Waals surface area contributed by atoms with Gasteiger partial charge in [-0.2, -0.15) is 5.10 Å². The van der Waals surface area contributed by atoms with Gasteiger partial charge >= 0.3 is 0 Å². The summed E-state index contributed by atoms with van der Waals surface area (Å²) in [6, 6.07) is 10.8. The molecule has 2 aromatic rings. The van der Waals surface area contributed by atoms with E-state index in [9.17, 15) is 0 Å². The van der Waals surface area contributed by atoms with E-state index in [0.717, 1.165) is 58.2 Å². The minimum atomic E-state index is 0.555. The Hall–Kier alpha value is -2.38. The van der Waals surface area contributed by atoms with E-state index in [0.29, 0.717) is 5.92 Å². The Bertz CT molecular complexity index is 823. The molecule has 2 fully saturated rings. The van der Waals surface area contributed by atoms with Gasteiger partial charge in [-0.05, 0) is 30.5 Å². The van der Waals surface area contributed by atoms with Gasteiger partial charge in [0.2, 0.25) is 0 Å². The monoisotopic (exact) mass is 423 g/mol. The Kier molecular flexibility index (Phi) is 7.59. The van der Waals surface area contributed by atoms with Gasteiger partial charge in [0.1, 0.15) is 0 Å². The highest BCUT2D eigenvalue weighted by atomic mass is 15.3. The van der Waals surface area contributed by atoms with Crippen molar-refractivity contribution in [2.45, 2.75) is 25.3 Å². The van der Waals surface area contributed by atoms with Crippen LogP contribution in [0.2, 0.25) is 0 Å². The normalized spacial score (nSPS) is 21.0. The number of guanidine groups is 1. The zero-order chi connectivity index (χ0) is 21.5. The molecule has 0 amide bonds. The lowest BCUT2D eigenvalue weighted by molar-refractivity contribution is 0.126. The summed E-state index contributed by atoms with van der Waals surface area (Å²) >= 11 is 0. The van der Waals surface area contributed by atoms with Crippen molar-refractivity contribution in [2.24, 2.45) is 12.0 Å². The van der Waals surface area contributed by atoms with E-state index in [1.165, 1.54) is 30.6 Å². The quantitative estimate of drug-likeness (QED) is 0.419. The molecule has 168 valence electrons. The smallest absolute Gasteiger partial charge is 0.193 e. The molecule has 0 aliphatic carbocycles. The highest BCUT2D eigenvalue weighted by molar-refractivity contribution is 5.80. The number of aryl methyl sites for hydroxylation is 1. The molecule has 1 unspecified atom stereocenters. The van der Waals surface area contributed by atoms with Crippen LogP contribution < -0.4 is 5.32 Å². The number of nitrogens with one attached hydrogen (secondary N) is 1. The zero-order valence-electron chi connectivity index (χ0n) is 19.1. The van der Waals surface area contributed by atoms with Gasteiger partial charge in [0.25, 0.3) is 0 Å². The van der Waals surface area contributed by atoms with Crippen LogP contribution in [-0.4, -0.2) is 89.8 Å². The molecule has 2 aliphatic rings. The highest BCUT2D eigenvalue weighted by Gasteiger charge is 2.26. The number of rotatable bonds is 7. The molecular weight excluding hydrogens is 386 g/mol. The molecule has 7 nitrogen and oxygen atoms in total. The van der Waals surface area contributed by atoms with Crippen LogP contribution in [0.3, 0.4) is 0 Å². The largest absolute Gasteiger partial charge is 0.356 e. The van der Waals surface area contributed by atoms with Gasteiger partial charge in [-0.1, -0.05) is 30.3 Å². The van der Waals surface area contributed by atoms with Gasteiger partial charge in [0.15, 0.2) is 5.96 Å². The zero-order valence-corrected chi connectivity index (χ0v) is 19.1. The number of hydrogen-bond acceptors (Lipinski definition) is 4.